The SMILES string of the molecule is CCN(CC)S(=O)(=O)c1cc(C(=O)Nc2ccc(-c3noc(C(C)(C)C)n3)cc2)ccc1C. The van der Waals surface area contributed by atoms with Crippen LogP contribution in [0.2, 0.25) is 0 Å². The fourth-order valence-corrected chi connectivity index (χ4v) is 4.98. The molecule has 0 aliphatic heterocycles. The topological polar surface area (TPSA) is 105 Å². The first-order chi connectivity index (χ1) is 15.5. The van der Waals surface area contributed by atoms with Crippen molar-refractivity contribution in [3.05, 3.63) is 59.5 Å². The van der Waals surface area contributed by atoms with Crippen LogP contribution < -0.4 is 5.32 Å². The van der Waals surface area contributed by atoms with Gasteiger partial charge >= 0.3 is 0 Å². The van der Waals surface area contributed by atoms with Crippen LogP contribution in [0.15, 0.2) is 51.9 Å². The summed E-state index contributed by atoms with van der Waals surface area (Å²) in [5, 5.41) is 6.84. The van der Waals surface area contributed by atoms with Crippen molar-refractivity contribution in [2.45, 2.75) is 51.9 Å². The van der Waals surface area contributed by atoms with Crippen LogP contribution in [0.3, 0.4) is 0 Å². The van der Waals surface area contributed by atoms with Crippen LogP contribution >= 0.6 is 0 Å². The number of hydrogen-bond donors (Lipinski definition) is 1. The number of carbonyl (C=O) groups excluding carboxylic acids is 1. The van der Waals surface area contributed by atoms with Gasteiger partial charge in [-0.15, -0.1) is 0 Å². The first-order valence-corrected chi connectivity index (χ1v) is 12.3. The number of anilines is 1. The molecule has 0 saturated heterocycles. The molecule has 8 nitrogen and oxygen atoms in total. The molecular formula is C24H30N4O4S. The minimum Gasteiger partial charge on any atom is -0.338 e. The highest BCUT2D eigenvalue weighted by Crippen LogP contribution is 2.25. The average Bonchev–Trinajstić information content (AvgIpc) is 3.26. The molecule has 1 aromatic heterocycles. The molecule has 0 spiro atoms. The Morgan fingerprint density at radius 1 is 1.06 bits per heavy atom. The maximum Gasteiger partial charge on any atom is 0.255 e. The van der Waals surface area contributed by atoms with Gasteiger partial charge in [-0.05, 0) is 48.9 Å². The second kappa shape index (κ2) is 9.44. The molecule has 0 radical (unpaired) electrons. The maximum absolute atomic E-state index is 13.0. The number of aryl methyl sites for hydroxylation is 1. The Bertz CT molecular complexity index is 1240. The lowest BCUT2D eigenvalue weighted by Crippen LogP contribution is -2.31. The van der Waals surface area contributed by atoms with Crippen molar-refractivity contribution in [2.24, 2.45) is 0 Å². The molecule has 1 N–H and O–H groups in total. The standard InChI is InChI=1S/C24H30N4O4S/c1-7-28(8-2)33(30,31)20-15-18(10-9-16(20)3)22(29)25-19-13-11-17(12-14-19)21-26-23(32-27-21)24(4,5)6/h9-15H,7-8H2,1-6H3,(H,25,29). The molecule has 9 heteroatoms. The second-order valence-corrected chi connectivity index (χ2v) is 10.7. The van der Waals surface area contributed by atoms with E-state index in [2.05, 4.69) is 15.5 Å². The minimum absolute atomic E-state index is 0.140. The number of nitrogens with zero attached hydrogens (tertiary/aromatic N) is 3. The molecule has 0 unspecified atom stereocenters. The molecule has 0 aliphatic carbocycles. The summed E-state index contributed by atoms with van der Waals surface area (Å²) in [5.41, 5.74) is 1.94. The molecule has 3 aromatic rings. The zero-order chi connectivity index (χ0) is 24.4. The zero-order valence-electron chi connectivity index (χ0n) is 19.8. The van der Waals surface area contributed by atoms with Gasteiger partial charge in [-0.3, -0.25) is 4.79 Å². The van der Waals surface area contributed by atoms with E-state index in [4.69, 9.17) is 4.52 Å². The molecule has 0 saturated carbocycles. The van der Waals surface area contributed by atoms with Crippen LogP contribution in [0.1, 0.15) is 56.4 Å². The van der Waals surface area contributed by atoms with E-state index in [9.17, 15) is 13.2 Å². The van der Waals surface area contributed by atoms with E-state index in [1.807, 2.05) is 20.8 Å². The summed E-state index contributed by atoms with van der Waals surface area (Å²) >= 11 is 0. The average molecular weight is 471 g/mol. The lowest BCUT2D eigenvalue weighted by Gasteiger charge is -2.20. The molecule has 33 heavy (non-hydrogen) atoms. The molecule has 0 aliphatic rings. The number of carbonyl (C=O) groups is 1. The monoisotopic (exact) mass is 470 g/mol. The predicted molar refractivity (Wildman–Crippen MR) is 128 cm³/mol. The van der Waals surface area contributed by atoms with Crippen molar-refractivity contribution in [1.82, 2.24) is 14.4 Å². The summed E-state index contributed by atoms with van der Waals surface area (Å²) in [6, 6.07) is 11.8. The molecule has 1 heterocycles. The van der Waals surface area contributed by atoms with Gasteiger partial charge in [-0.25, -0.2) is 8.42 Å². The Morgan fingerprint density at radius 2 is 1.70 bits per heavy atom. The summed E-state index contributed by atoms with van der Waals surface area (Å²) in [5.74, 6) is 0.626. The summed E-state index contributed by atoms with van der Waals surface area (Å²) in [4.78, 5) is 17.4. The van der Waals surface area contributed by atoms with Crippen molar-refractivity contribution in [3.8, 4) is 11.4 Å². The summed E-state index contributed by atoms with van der Waals surface area (Å²) in [6.45, 7) is 12.0. The third kappa shape index (κ3) is 5.31. The number of aromatic nitrogens is 2. The quantitative estimate of drug-likeness (QED) is 0.540. The normalized spacial score (nSPS) is 12.2. The van der Waals surface area contributed by atoms with Crippen LogP contribution in [0, 0.1) is 6.92 Å². The molecule has 2 aromatic carbocycles. The highest BCUT2D eigenvalue weighted by Gasteiger charge is 2.25. The molecule has 0 atom stereocenters. The van der Waals surface area contributed by atoms with E-state index in [-0.39, 0.29) is 15.9 Å². The Labute approximate surface area is 195 Å². The van der Waals surface area contributed by atoms with Gasteiger partial charge in [0.1, 0.15) is 0 Å². The van der Waals surface area contributed by atoms with Gasteiger partial charge < -0.3 is 9.84 Å². The lowest BCUT2D eigenvalue weighted by atomic mass is 9.97. The third-order valence-corrected chi connectivity index (χ3v) is 7.43. The molecule has 0 bridgehead atoms. The van der Waals surface area contributed by atoms with Gasteiger partial charge in [0.2, 0.25) is 21.7 Å². The third-order valence-electron chi connectivity index (χ3n) is 5.24. The predicted octanol–water partition coefficient (Wildman–Crippen LogP) is 4.63. The number of benzene rings is 2. The Hall–Kier alpha value is -3.04. The molecule has 176 valence electrons. The minimum atomic E-state index is -3.68. The fraction of sp³-hybridized carbons (Fsp3) is 0.375. The van der Waals surface area contributed by atoms with E-state index in [0.717, 1.165) is 5.56 Å². The van der Waals surface area contributed by atoms with Crippen molar-refractivity contribution in [2.75, 3.05) is 18.4 Å². The second-order valence-electron chi connectivity index (χ2n) is 8.77. The van der Waals surface area contributed by atoms with E-state index in [0.29, 0.717) is 36.1 Å². The van der Waals surface area contributed by atoms with Crippen molar-refractivity contribution < 1.29 is 17.7 Å². The van der Waals surface area contributed by atoms with Gasteiger partial charge in [0.15, 0.2) is 0 Å². The Kier molecular flexibility index (Phi) is 7.04. The number of sulfonamides is 1. The van der Waals surface area contributed by atoms with Gasteiger partial charge in [0, 0.05) is 35.3 Å². The first kappa shape index (κ1) is 24.6. The Morgan fingerprint density at radius 3 is 2.24 bits per heavy atom. The van der Waals surface area contributed by atoms with Crippen LogP contribution in [0.5, 0.6) is 0 Å². The van der Waals surface area contributed by atoms with Crippen molar-refractivity contribution in [3.63, 3.8) is 0 Å². The highest BCUT2D eigenvalue weighted by molar-refractivity contribution is 7.89. The van der Waals surface area contributed by atoms with E-state index in [1.165, 1.54) is 10.4 Å². The number of hydrogen-bond acceptors (Lipinski definition) is 6. The van der Waals surface area contributed by atoms with Crippen LogP contribution in [0.25, 0.3) is 11.4 Å². The van der Waals surface area contributed by atoms with Gasteiger partial charge in [0.25, 0.3) is 5.91 Å². The molecule has 1 amide bonds. The zero-order valence-corrected chi connectivity index (χ0v) is 20.7. The smallest absolute Gasteiger partial charge is 0.255 e. The highest BCUT2D eigenvalue weighted by atomic mass is 32.2. The van der Waals surface area contributed by atoms with E-state index >= 15 is 0 Å². The van der Waals surface area contributed by atoms with Crippen LogP contribution in [0.4, 0.5) is 5.69 Å². The number of nitrogens with one attached hydrogen (secondary N) is 1. The number of rotatable bonds is 7. The summed E-state index contributed by atoms with van der Waals surface area (Å²) < 4.78 is 32.6. The number of amides is 1. The molecule has 3 rings (SSSR count). The van der Waals surface area contributed by atoms with Gasteiger partial charge in [-0.2, -0.15) is 9.29 Å². The first-order valence-electron chi connectivity index (χ1n) is 10.8. The van der Waals surface area contributed by atoms with Gasteiger partial charge in [0.05, 0.1) is 4.90 Å². The maximum atomic E-state index is 13.0. The Balaban J connectivity index is 1.80. The van der Waals surface area contributed by atoms with Crippen molar-refractivity contribution >= 4 is 21.6 Å². The van der Waals surface area contributed by atoms with Crippen LogP contribution in [-0.4, -0.2) is 41.9 Å². The van der Waals surface area contributed by atoms with Crippen LogP contribution in [-0.2, 0) is 15.4 Å². The summed E-state index contributed by atoms with van der Waals surface area (Å²) in [6.07, 6.45) is 0. The fourth-order valence-electron chi connectivity index (χ4n) is 3.27. The molecule has 0 fully saturated rings. The van der Waals surface area contributed by atoms with Gasteiger partial charge in [-0.1, -0.05) is 45.8 Å². The largest absolute Gasteiger partial charge is 0.338 e. The van der Waals surface area contributed by atoms with E-state index < -0.39 is 15.9 Å². The molecular weight excluding hydrogens is 440 g/mol. The summed E-state index contributed by atoms with van der Waals surface area (Å²) in [7, 11) is -3.68. The van der Waals surface area contributed by atoms with Crippen molar-refractivity contribution in [1.29, 1.82) is 0 Å². The lowest BCUT2D eigenvalue weighted by molar-refractivity contribution is 0.102. The van der Waals surface area contributed by atoms with E-state index in [1.54, 1.807) is 57.2 Å².